The number of halogens is 1. The van der Waals surface area contributed by atoms with E-state index in [1.165, 1.54) is 11.4 Å². The molecule has 1 fully saturated rings. The van der Waals surface area contributed by atoms with Gasteiger partial charge in [-0.3, -0.25) is 0 Å². The molecule has 0 unspecified atom stereocenters. The predicted molar refractivity (Wildman–Crippen MR) is 97.2 cm³/mol. The summed E-state index contributed by atoms with van der Waals surface area (Å²) in [7, 11) is -2.09. The van der Waals surface area contributed by atoms with Crippen molar-refractivity contribution in [2.24, 2.45) is 0 Å². The lowest BCUT2D eigenvalue weighted by atomic mass is 10.1. The molecular formula is C17H20ClN3O4S. The van der Waals surface area contributed by atoms with Crippen molar-refractivity contribution < 1.29 is 17.9 Å². The van der Waals surface area contributed by atoms with Gasteiger partial charge in [0.2, 0.25) is 15.9 Å². The lowest BCUT2D eigenvalue weighted by molar-refractivity contribution is 0.128. The van der Waals surface area contributed by atoms with Gasteiger partial charge in [0.05, 0.1) is 12.0 Å². The Morgan fingerprint density at radius 2 is 1.96 bits per heavy atom. The molecule has 0 spiro atoms. The average molecular weight is 398 g/mol. The van der Waals surface area contributed by atoms with Crippen molar-refractivity contribution in [3.63, 3.8) is 0 Å². The van der Waals surface area contributed by atoms with Crippen LogP contribution < -0.4 is 9.47 Å². The molecule has 7 nitrogen and oxygen atoms in total. The third-order valence-electron chi connectivity index (χ3n) is 4.31. The molecule has 2 aromatic rings. The van der Waals surface area contributed by atoms with E-state index in [0.717, 1.165) is 0 Å². The van der Waals surface area contributed by atoms with E-state index in [1.54, 1.807) is 37.4 Å². The Morgan fingerprint density at radius 1 is 1.23 bits per heavy atom. The fourth-order valence-electron chi connectivity index (χ4n) is 2.86. The van der Waals surface area contributed by atoms with Crippen LogP contribution in [-0.2, 0) is 10.0 Å². The first kappa shape index (κ1) is 18.9. The summed E-state index contributed by atoms with van der Waals surface area (Å²) in [5.74, 6) is 0.420. The first-order valence-electron chi connectivity index (χ1n) is 8.21. The maximum absolute atomic E-state index is 12.9. The van der Waals surface area contributed by atoms with Crippen LogP contribution in [0.2, 0.25) is 5.02 Å². The van der Waals surface area contributed by atoms with Crippen LogP contribution in [0.1, 0.15) is 18.4 Å². The number of benzene rings is 1. The molecule has 1 aromatic carbocycles. The highest BCUT2D eigenvalue weighted by molar-refractivity contribution is 7.89. The Kier molecular flexibility index (Phi) is 5.64. The number of sulfonamides is 1. The highest BCUT2D eigenvalue weighted by atomic mass is 35.5. The highest BCUT2D eigenvalue weighted by Crippen LogP contribution is 2.28. The Bertz CT molecular complexity index is 883. The van der Waals surface area contributed by atoms with Crippen molar-refractivity contribution in [2.75, 3.05) is 20.2 Å². The molecule has 2 heterocycles. The average Bonchev–Trinajstić information content (AvgIpc) is 2.64. The van der Waals surface area contributed by atoms with Crippen LogP contribution in [0.15, 0.2) is 35.4 Å². The number of methoxy groups -OCH3 is 1. The minimum atomic E-state index is -3.57. The van der Waals surface area contributed by atoms with E-state index in [1.807, 2.05) is 0 Å². The number of nitrogens with zero attached hydrogens (tertiary/aromatic N) is 3. The van der Waals surface area contributed by atoms with Gasteiger partial charge < -0.3 is 9.47 Å². The first-order valence-corrected chi connectivity index (χ1v) is 10.0. The summed E-state index contributed by atoms with van der Waals surface area (Å²) in [6.07, 6.45) is 2.60. The van der Waals surface area contributed by atoms with Crippen LogP contribution in [0.3, 0.4) is 0 Å². The van der Waals surface area contributed by atoms with Gasteiger partial charge in [0.15, 0.2) is 0 Å². The maximum Gasteiger partial charge on any atom is 0.319 e. The van der Waals surface area contributed by atoms with Crippen LogP contribution in [0.25, 0.3) is 0 Å². The molecule has 1 saturated heterocycles. The van der Waals surface area contributed by atoms with Gasteiger partial charge in [0, 0.05) is 30.4 Å². The van der Waals surface area contributed by atoms with E-state index >= 15 is 0 Å². The molecule has 1 aliphatic heterocycles. The standard InChI is InChI=1S/C17H20ClN3O4S/c1-12-14(18)4-3-5-15(12)26(22,23)21-10-7-13(8-11-21)25-16-6-9-19-17(20-16)24-2/h3-6,9,13H,7-8,10-11H2,1-2H3. The quantitative estimate of drug-likeness (QED) is 0.771. The van der Waals surface area contributed by atoms with Gasteiger partial charge in [-0.15, -0.1) is 0 Å². The van der Waals surface area contributed by atoms with Crippen LogP contribution in [0.4, 0.5) is 0 Å². The van der Waals surface area contributed by atoms with E-state index in [0.29, 0.717) is 42.4 Å². The fraction of sp³-hybridized carbons (Fsp3) is 0.412. The molecule has 9 heteroatoms. The van der Waals surface area contributed by atoms with Crippen molar-refractivity contribution in [1.82, 2.24) is 14.3 Å². The number of ether oxygens (including phenoxy) is 2. The van der Waals surface area contributed by atoms with Crippen LogP contribution in [0, 0.1) is 6.92 Å². The summed E-state index contributed by atoms with van der Waals surface area (Å²) in [5, 5.41) is 0.446. The summed E-state index contributed by atoms with van der Waals surface area (Å²) in [4.78, 5) is 8.31. The number of piperidine rings is 1. The topological polar surface area (TPSA) is 81.6 Å². The smallest absolute Gasteiger partial charge is 0.319 e. The van der Waals surface area contributed by atoms with E-state index in [2.05, 4.69) is 9.97 Å². The van der Waals surface area contributed by atoms with E-state index in [-0.39, 0.29) is 17.0 Å². The lowest BCUT2D eigenvalue weighted by Gasteiger charge is -2.31. The zero-order chi connectivity index (χ0) is 18.7. The van der Waals surface area contributed by atoms with E-state index in [9.17, 15) is 8.42 Å². The molecule has 0 bridgehead atoms. The van der Waals surface area contributed by atoms with Gasteiger partial charge in [-0.2, -0.15) is 9.29 Å². The van der Waals surface area contributed by atoms with Gasteiger partial charge in [-0.25, -0.2) is 13.4 Å². The molecular weight excluding hydrogens is 378 g/mol. The highest BCUT2D eigenvalue weighted by Gasteiger charge is 2.31. The first-order chi connectivity index (χ1) is 12.4. The van der Waals surface area contributed by atoms with Crippen LogP contribution in [0.5, 0.6) is 11.9 Å². The zero-order valence-electron chi connectivity index (χ0n) is 14.6. The minimum Gasteiger partial charge on any atom is -0.474 e. The summed E-state index contributed by atoms with van der Waals surface area (Å²) in [6, 6.07) is 6.82. The lowest BCUT2D eigenvalue weighted by Crippen LogP contribution is -2.42. The van der Waals surface area contributed by atoms with E-state index in [4.69, 9.17) is 21.1 Å². The number of hydrogen-bond acceptors (Lipinski definition) is 6. The van der Waals surface area contributed by atoms with E-state index < -0.39 is 10.0 Å². The van der Waals surface area contributed by atoms with Gasteiger partial charge >= 0.3 is 6.01 Å². The van der Waals surface area contributed by atoms with Gasteiger partial charge in [-0.1, -0.05) is 17.7 Å². The summed E-state index contributed by atoms with van der Waals surface area (Å²) < 4.78 is 38.1. The van der Waals surface area contributed by atoms with Crippen molar-refractivity contribution in [1.29, 1.82) is 0 Å². The van der Waals surface area contributed by atoms with Crippen molar-refractivity contribution in [3.05, 3.63) is 41.0 Å². The molecule has 1 aliphatic rings. The second kappa shape index (κ2) is 7.77. The van der Waals surface area contributed by atoms with Crippen molar-refractivity contribution in [3.8, 4) is 11.9 Å². The fourth-order valence-corrected chi connectivity index (χ4v) is 4.80. The number of rotatable bonds is 5. The molecule has 0 aliphatic carbocycles. The predicted octanol–water partition coefficient (Wildman–Crippen LogP) is 2.68. The Balaban J connectivity index is 1.67. The second-order valence-corrected chi connectivity index (χ2v) is 8.28. The minimum absolute atomic E-state index is 0.110. The molecule has 0 amide bonds. The SMILES string of the molecule is COc1nccc(OC2CCN(S(=O)(=O)c3cccc(Cl)c3C)CC2)n1. The molecule has 3 rings (SSSR count). The largest absolute Gasteiger partial charge is 0.474 e. The third-order valence-corrected chi connectivity index (χ3v) is 6.77. The Hall–Kier alpha value is -1.90. The van der Waals surface area contributed by atoms with Gasteiger partial charge in [0.1, 0.15) is 6.10 Å². The van der Waals surface area contributed by atoms with Gasteiger partial charge in [0.25, 0.3) is 0 Å². The molecule has 26 heavy (non-hydrogen) atoms. The zero-order valence-corrected chi connectivity index (χ0v) is 16.1. The molecule has 1 aromatic heterocycles. The van der Waals surface area contributed by atoms with Crippen molar-refractivity contribution >= 4 is 21.6 Å². The normalized spacial score (nSPS) is 16.4. The monoisotopic (exact) mass is 397 g/mol. The van der Waals surface area contributed by atoms with Crippen LogP contribution in [-0.4, -0.2) is 49.0 Å². The van der Waals surface area contributed by atoms with Crippen LogP contribution >= 0.6 is 11.6 Å². The summed E-state index contributed by atoms with van der Waals surface area (Å²) in [6.45, 7) is 2.47. The Labute approximate surface area is 158 Å². The molecule has 140 valence electrons. The second-order valence-electron chi connectivity index (χ2n) is 5.97. The molecule has 0 saturated carbocycles. The van der Waals surface area contributed by atoms with Gasteiger partial charge in [-0.05, 0) is 37.5 Å². The third kappa shape index (κ3) is 3.92. The maximum atomic E-state index is 12.9. The molecule has 0 atom stereocenters. The Morgan fingerprint density at radius 3 is 2.65 bits per heavy atom. The number of aromatic nitrogens is 2. The molecule has 0 radical (unpaired) electrons. The number of hydrogen-bond donors (Lipinski definition) is 0. The summed E-state index contributed by atoms with van der Waals surface area (Å²) in [5.41, 5.74) is 0.570. The summed E-state index contributed by atoms with van der Waals surface area (Å²) >= 11 is 6.07. The van der Waals surface area contributed by atoms with Crippen molar-refractivity contribution in [2.45, 2.75) is 30.8 Å². The molecule has 0 N–H and O–H groups in total.